The number of rotatable bonds is 13. The van der Waals surface area contributed by atoms with Crippen LogP contribution in [-0.2, 0) is 11.2 Å². The van der Waals surface area contributed by atoms with Crippen LogP contribution in [0.2, 0.25) is 0 Å². The Bertz CT molecular complexity index is 2540. The third-order valence-electron chi connectivity index (χ3n) is 15.4. The average molecular weight is 906 g/mol. The van der Waals surface area contributed by atoms with Crippen LogP contribution in [0.4, 0.5) is 20.4 Å². The van der Waals surface area contributed by atoms with Gasteiger partial charge >= 0.3 is 6.01 Å². The van der Waals surface area contributed by atoms with Gasteiger partial charge < -0.3 is 34.4 Å². The molecule has 5 aromatic rings. The highest BCUT2D eigenvalue weighted by atomic mass is 19.1. The van der Waals surface area contributed by atoms with Crippen LogP contribution in [0.5, 0.6) is 11.8 Å². The second-order valence-electron chi connectivity index (χ2n) is 20.2. The molecule has 5 saturated heterocycles. The monoisotopic (exact) mass is 906 g/mol. The number of phenolic OH excluding ortho intramolecular Hbond substituents is 1. The van der Waals surface area contributed by atoms with Gasteiger partial charge in [-0.05, 0) is 111 Å². The lowest BCUT2D eigenvalue weighted by molar-refractivity contribution is -0.134. The van der Waals surface area contributed by atoms with Crippen molar-refractivity contribution in [3.8, 4) is 23.0 Å². The summed E-state index contributed by atoms with van der Waals surface area (Å²) in [4.78, 5) is 36.5. The molecule has 8 heterocycles. The number of carbonyl (C=O) groups excluding carboxylic acids is 1. The molecule has 4 unspecified atom stereocenters. The van der Waals surface area contributed by atoms with Gasteiger partial charge in [0.05, 0.1) is 5.39 Å². The van der Waals surface area contributed by atoms with Gasteiger partial charge in [-0.25, -0.2) is 8.78 Å². The quantitative estimate of drug-likeness (QED) is 0.117. The van der Waals surface area contributed by atoms with E-state index in [2.05, 4.69) is 52.9 Å². The zero-order valence-corrected chi connectivity index (χ0v) is 38.9. The number of fused-ring (bicyclic) bond motifs is 4. The Kier molecular flexibility index (Phi) is 12.5. The summed E-state index contributed by atoms with van der Waals surface area (Å²) in [5.41, 5.74) is 0.583. The van der Waals surface area contributed by atoms with Crippen LogP contribution >= 0.6 is 0 Å². The number of nitrogens with one attached hydrogen (secondary N) is 1. The van der Waals surface area contributed by atoms with E-state index < -0.39 is 11.5 Å². The van der Waals surface area contributed by atoms with Crippen LogP contribution in [0, 0.1) is 17.7 Å². The fourth-order valence-electron chi connectivity index (χ4n) is 11.7. The number of alkyl halides is 1. The van der Waals surface area contributed by atoms with E-state index >= 15 is 8.78 Å². The highest BCUT2D eigenvalue weighted by Crippen LogP contribution is 2.41. The number of aryl methyl sites for hydroxylation is 1. The molecule has 2 bridgehead atoms. The van der Waals surface area contributed by atoms with Gasteiger partial charge in [-0.2, -0.15) is 9.97 Å². The molecule has 2 aromatic carbocycles. The van der Waals surface area contributed by atoms with Crippen LogP contribution in [0.25, 0.3) is 32.9 Å². The summed E-state index contributed by atoms with van der Waals surface area (Å²) in [5, 5.41) is 21.0. The third-order valence-corrected chi connectivity index (χ3v) is 15.4. The van der Waals surface area contributed by atoms with Crippen molar-refractivity contribution in [1.29, 1.82) is 0 Å². The number of halogens is 2. The molecule has 15 heteroatoms. The first-order chi connectivity index (χ1) is 31.9. The van der Waals surface area contributed by atoms with Crippen molar-refractivity contribution in [1.82, 2.24) is 35.2 Å². The lowest BCUT2D eigenvalue weighted by atomic mass is 9.80. The number of piperazine rings is 1. The number of carbonyl (C=O) groups is 1. The molecule has 5 fully saturated rings. The van der Waals surface area contributed by atoms with Crippen LogP contribution in [-0.4, -0.2) is 124 Å². The molecule has 13 nitrogen and oxygen atoms in total. The predicted molar refractivity (Wildman–Crippen MR) is 252 cm³/mol. The molecule has 0 spiro atoms. The Balaban J connectivity index is 0.773. The van der Waals surface area contributed by atoms with Crippen molar-refractivity contribution in [2.45, 2.75) is 122 Å². The van der Waals surface area contributed by atoms with Gasteiger partial charge in [0.15, 0.2) is 17.4 Å². The SMILES string of the molecule is CCc1cccc2cc(O)cc(-c3ncc4c(N5CC6CCC(C5)N6)nc(OCCN5CCC(F)(CC6CCN(c7cc(C(C(=O)N8CCCC8C)C(C)C)on7)CC6)CC5)nc4c3F)c12. The standard InChI is InChI=1S/C51H65F2N9O4/c1-5-34-9-6-10-35-24-38(63)25-39(44(34)35)46-45(52)47-40(28-54-46)48(61-29-36-11-12-37(30-61)55-36)57-50(56-47)65-23-22-59-20-15-51(53,16-21-59)27-33-13-18-60(19-14-33)42-26-41(66-58-42)43(31(2)3)49(64)62-17-7-8-32(62)4/h6,9-10,24-26,28,31-33,36-37,43,55,63H,5,7-8,11-23,27,29-30H2,1-4H3. The Morgan fingerprint density at radius 1 is 1.00 bits per heavy atom. The van der Waals surface area contributed by atoms with E-state index in [0.29, 0.717) is 73.5 Å². The summed E-state index contributed by atoms with van der Waals surface area (Å²) in [5.74, 6) is 1.62. The molecule has 1 amide bonds. The molecule has 0 radical (unpaired) electrons. The summed E-state index contributed by atoms with van der Waals surface area (Å²) in [6, 6.07) is 12.1. The number of pyridine rings is 1. The summed E-state index contributed by atoms with van der Waals surface area (Å²) < 4.78 is 45.6. The zero-order valence-electron chi connectivity index (χ0n) is 38.9. The molecule has 4 atom stereocenters. The molecule has 0 aliphatic carbocycles. The van der Waals surface area contributed by atoms with Crippen LogP contribution in [0.15, 0.2) is 47.1 Å². The van der Waals surface area contributed by atoms with Crippen molar-refractivity contribution in [2.24, 2.45) is 11.8 Å². The summed E-state index contributed by atoms with van der Waals surface area (Å²) in [7, 11) is 0. The number of piperidine rings is 2. The minimum Gasteiger partial charge on any atom is -0.508 e. The molecule has 3 aromatic heterocycles. The number of benzene rings is 2. The Morgan fingerprint density at radius 2 is 1.77 bits per heavy atom. The Hall–Kier alpha value is -5.15. The van der Waals surface area contributed by atoms with Gasteiger partial charge in [0.25, 0.3) is 0 Å². The molecule has 5 aliphatic heterocycles. The minimum atomic E-state index is -1.22. The predicted octanol–water partition coefficient (Wildman–Crippen LogP) is 8.42. The van der Waals surface area contributed by atoms with Crippen molar-refractivity contribution in [3.63, 3.8) is 0 Å². The number of hydrogen-bond donors (Lipinski definition) is 2. The molecule has 352 valence electrons. The first-order valence-corrected chi connectivity index (χ1v) is 24.6. The molecule has 2 N–H and O–H groups in total. The largest absolute Gasteiger partial charge is 0.508 e. The molecular formula is C51H65F2N9O4. The highest BCUT2D eigenvalue weighted by molar-refractivity contribution is 6.01. The van der Waals surface area contributed by atoms with Crippen LogP contribution in [0.1, 0.15) is 103 Å². The van der Waals surface area contributed by atoms with Gasteiger partial charge in [0, 0.05) is 88.3 Å². The van der Waals surface area contributed by atoms with E-state index in [1.807, 2.05) is 29.2 Å². The Labute approximate surface area is 386 Å². The number of phenols is 1. The van der Waals surface area contributed by atoms with Crippen LogP contribution < -0.4 is 19.9 Å². The maximum atomic E-state index is 17.0. The maximum absolute atomic E-state index is 17.0. The van der Waals surface area contributed by atoms with Gasteiger partial charge in [-0.15, -0.1) is 0 Å². The fraction of sp³-hybridized carbons (Fsp3) is 0.588. The van der Waals surface area contributed by atoms with E-state index in [1.54, 1.807) is 18.3 Å². The van der Waals surface area contributed by atoms with Crippen molar-refractivity contribution in [2.75, 3.05) is 68.8 Å². The Morgan fingerprint density at radius 3 is 2.48 bits per heavy atom. The first kappa shape index (κ1) is 44.7. The topological polar surface area (TPSA) is 136 Å². The van der Waals surface area contributed by atoms with E-state index in [4.69, 9.17) is 24.2 Å². The molecule has 66 heavy (non-hydrogen) atoms. The second-order valence-corrected chi connectivity index (χ2v) is 20.2. The number of ether oxygens (including phenoxy) is 1. The van der Waals surface area contributed by atoms with E-state index in [9.17, 15) is 9.90 Å². The maximum Gasteiger partial charge on any atom is 0.319 e. The molecule has 5 aliphatic rings. The van der Waals surface area contributed by atoms with Gasteiger partial charge in [-0.1, -0.05) is 44.1 Å². The number of amides is 1. The zero-order chi connectivity index (χ0) is 45.7. The molecule has 0 saturated carbocycles. The number of aromatic hydroxyl groups is 1. The average Bonchev–Trinajstić information content (AvgIpc) is 4.06. The second kappa shape index (κ2) is 18.5. The number of hydrogen-bond acceptors (Lipinski definition) is 12. The highest BCUT2D eigenvalue weighted by Gasteiger charge is 2.40. The number of nitrogens with zero attached hydrogens (tertiary/aromatic N) is 8. The number of likely N-dealkylation sites (tertiary alicyclic amines) is 2. The lowest BCUT2D eigenvalue weighted by Gasteiger charge is -2.40. The number of aromatic nitrogens is 4. The molecule has 10 rings (SSSR count). The number of anilines is 2. The van der Waals surface area contributed by atoms with E-state index in [0.717, 1.165) is 99.8 Å². The lowest BCUT2D eigenvalue weighted by Crippen LogP contribution is -2.51. The molecular weight excluding hydrogens is 841 g/mol. The van der Waals surface area contributed by atoms with Gasteiger partial charge in [0.1, 0.15) is 41.0 Å². The normalized spacial score (nSPS) is 23.1. The fourth-order valence-corrected chi connectivity index (χ4v) is 11.7. The smallest absolute Gasteiger partial charge is 0.319 e. The van der Waals surface area contributed by atoms with Crippen molar-refractivity contribution in [3.05, 3.63) is 59.7 Å². The van der Waals surface area contributed by atoms with Crippen molar-refractivity contribution < 1.29 is 27.9 Å². The van der Waals surface area contributed by atoms with E-state index in [-0.39, 0.29) is 59.3 Å². The van der Waals surface area contributed by atoms with Gasteiger partial charge in [0.2, 0.25) is 5.91 Å². The summed E-state index contributed by atoms with van der Waals surface area (Å²) >= 11 is 0. The third kappa shape index (κ3) is 8.89. The van der Waals surface area contributed by atoms with Gasteiger partial charge in [-0.3, -0.25) is 14.7 Å². The van der Waals surface area contributed by atoms with Crippen molar-refractivity contribution >= 4 is 39.2 Å². The first-order valence-electron chi connectivity index (χ1n) is 24.6. The van der Waals surface area contributed by atoms with Crippen LogP contribution in [0.3, 0.4) is 0 Å². The van der Waals surface area contributed by atoms with E-state index in [1.165, 1.54) is 0 Å². The summed E-state index contributed by atoms with van der Waals surface area (Å²) in [6.07, 6.45) is 9.88. The summed E-state index contributed by atoms with van der Waals surface area (Å²) in [6.45, 7) is 14.2. The minimum absolute atomic E-state index is 0.0375.